The third kappa shape index (κ3) is 4.78. The Balaban J connectivity index is 0.00000200. The minimum absolute atomic E-state index is 0. The third-order valence-electron chi connectivity index (χ3n) is 3.07. The zero-order valence-electron chi connectivity index (χ0n) is 10.9. The Labute approximate surface area is 129 Å². The molecule has 0 spiro atoms. The Morgan fingerprint density at radius 1 is 1.45 bits per heavy atom. The van der Waals surface area contributed by atoms with Crippen molar-refractivity contribution in [2.75, 3.05) is 19.6 Å². The Morgan fingerprint density at radius 3 is 2.90 bits per heavy atom. The number of carbonyl (C=O) groups excluding carboxylic acids is 1. The van der Waals surface area contributed by atoms with Gasteiger partial charge in [0.2, 0.25) is 5.91 Å². The van der Waals surface area contributed by atoms with Gasteiger partial charge in [0.15, 0.2) is 0 Å². The summed E-state index contributed by atoms with van der Waals surface area (Å²) in [5.74, 6) is -0.657. The molecule has 1 heterocycles. The van der Waals surface area contributed by atoms with Crippen molar-refractivity contribution < 1.29 is 9.18 Å². The topological polar surface area (TPSA) is 41.1 Å². The van der Waals surface area contributed by atoms with Crippen LogP contribution in [-0.2, 0) is 11.2 Å². The summed E-state index contributed by atoms with van der Waals surface area (Å²) >= 11 is 5.88. The highest BCUT2D eigenvalue weighted by molar-refractivity contribution is 6.31. The van der Waals surface area contributed by atoms with Gasteiger partial charge in [-0.2, -0.15) is 0 Å². The molecule has 2 rings (SSSR count). The van der Waals surface area contributed by atoms with Gasteiger partial charge in [-0.1, -0.05) is 29.3 Å². The van der Waals surface area contributed by atoms with Crippen LogP contribution in [0.4, 0.5) is 4.39 Å². The smallest absolute Gasteiger partial charge is 0.224 e. The fourth-order valence-electron chi connectivity index (χ4n) is 1.97. The molecule has 2 N–H and O–H groups in total. The average Bonchev–Trinajstić information content (AvgIpc) is 2.42. The van der Waals surface area contributed by atoms with E-state index < -0.39 is 5.82 Å². The largest absolute Gasteiger partial charge is 0.352 e. The molecule has 0 unspecified atom stereocenters. The van der Waals surface area contributed by atoms with Crippen LogP contribution in [0.25, 0.3) is 0 Å². The van der Waals surface area contributed by atoms with E-state index in [9.17, 15) is 9.18 Å². The predicted octanol–water partition coefficient (Wildman–Crippen LogP) is 2.48. The molecule has 20 heavy (non-hydrogen) atoms. The molecule has 0 saturated heterocycles. The zero-order chi connectivity index (χ0) is 13.7. The van der Waals surface area contributed by atoms with Crippen molar-refractivity contribution in [2.24, 2.45) is 0 Å². The van der Waals surface area contributed by atoms with E-state index >= 15 is 0 Å². The molecule has 1 aromatic rings. The summed E-state index contributed by atoms with van der Waals surface area (Å²) in [6.45, 7) is 2.29. The summed E-state index contributed by atoms with van der Waals surface area (Å²) in [5.41, 5.74) is 1.45. The number of amides is 1. The average molecular weight is 319 g/mol. The number of hydrogen-bond acceptors (Lipinski definition) is 2. The summed E-state index contributed by atoms with van der Waals surface area (Å²) in [6.07, 6.45) is 2.97. The van der Waals surface area contributed by atoms with Crippen molar-refractivity contribution in [3.05, 3.63) is 46.3 Å². The number of rotatable bonds is 4. The van der Waals surface area contributed by atoms with E-state index in [1.54, 1.807) is 6.07 Å². The molecule has 110 valence electrons. The number of nitrogens with one attached hydrogen (secondary N) is 2. The fourth-order valence-corrected chi connectivity index (χ4v) is 2.20. The van der Waals surface area contributed by atoms with Gasteiger partial charge in [0, 0.05) is 23.7 Å². The van der Waals surface area contributed by atoms with E-state index in [0.717, 1.165) is 19.5 Å². The van der Waals surface area contributed by atoms with Crippen LogP contribution in [0.15, 0.2) is 29.8 Å². The Kier molecular flexibility index (Phi) is 6.99. The number of hydrogen-bond donors (Lipinski definition) is 2. The third-order valence-corrected chi connectivity index (χ3v) is 3.42. The lowest BCUT2D eigenvalue weighted by atomic mass is 10.1. The van der Waals surface area contributed by atoms with Gasteiger partial charge in [0.05, 0.1) is 6.42 Å². The van der Waals surface area contributed by atoms with Crippen molar-refractivity contribution in [2.45, 2.75) is 12.8 Å². The van der Waals surface area contributed by atoms with E-state index in [0.29, 0.717) is 6.54 Å². The number of benzene rings is 1. The Hall–Kier alpha value is -1.10. The van der Waals surface area contributed by atoms with E-state index in [-0.39, 0.29) is 35.3 Å². The molecule has 0 atom stereocenters. The summed E-state index contributed by atoms with van der Waals surface area (Å²) in [6, 6.07) is 4.42. The van der Waals surface area contributed by atoms with E-state index in [2.05, 4.69) is 16.7 Å². The molecule has 1 amide bonds. The molecule has 6 heteroatoms. The lowest BCUT2D eigenvalue weighted by molar-refractivity contribution is -0.120. The van der Waals surface area contributed by atoms with Crippen LogP contribution in [-0.4, -0.2) is 25.5 Å². The van der Waals surface area contributed by atoms with Gasteiger partial charge in [0.25, 0.3) is 0 Å². The standard InChI is InChI=1S/C14H16ClFN2O.ClH/c15-12-2-1-3-13(16)11(12)8-14(19)18-9-10-4-6-17-7-5-10;/h1-4,17H,5-9H2,(H,18,19);1H. The first-order valence-electron chi connectivity index (χ1n) is 6.25. The Morgan fingerprint density at radius 2 is 2.25 bits per heavy atom. The zero-order valence-corrected chi connectivity index (χ0v) is 12.5. The van der Waals surface area contributed by atoms with Crippen molar-refractivity contribution in [1.82, 2.24) is 10.6 Å². The fraction of sp³-hybridized carbons (Fsp3) is 0.357. The van der Waals surface area contributed by atoms with Gasteiger partial charge in [0.1, 0.15) is 5.82 Å². The first-order chi connectivity index (χ1) is 9.16. The molecule has 1 aliphatic rings. The summed E-state index contributed by atoms with van der Waals surface area (Å²) in [4.78, 5) is 11.8. The molecule has 0 bridgehead atoms. The molecule has 3 nitrogen and oxygen atoms in total. The van der Waals surface area contributed by atoms with Crippen molar-refractivity contribution in [1.29, 1.82) is 0 Å². The summed E-state index contributed by atoms with van der Waals surface area (Å²) < 4.78 is 13.5. The van der Waals surface area contributed by atoms with Gasteiger partial charge in [-0.3, -0.25) is 4.79 Å². The maximum absolute atomic E-state index is 13.5. The Bertz CT molecular complexity index is 486. The van der Waals surface area contributed by atoms with Crippen LogP contribution in [0, 0.1) is 5.82 Å². The van der Waals surface area contributed by atoms with Gasteiger partial charge in [-0.15, -0.1) is 12.4 Å². The van der Waals surface area contributed by atoms with Crippen LogP contribution in [0.3, 0.4) is 0 Å². The van der Waals surface area contributed by atoms with E-state index in [1.165, 1.54) is 17.7 Å². The molecule has 1 aromatic carbocycles. The summed E-state index contributed by atoms with van der Waals surface area (Å²) in [7, 11) is 0. The molecule has 0 radical (unpaired) electrons. The van der Waals surface area contributed by atoms with Crippen molar-refractivity contribution in [3.63, 3.8) is 0 Å². The first kappa shape index (κ1) is 17.0. The normalized spacial score (nSPS) is 14.2. The van der Waals surface area contributed by atoms with Crippen molar-refractivity contribution in [3.8, 4) is 0 Å². The molecule has 0 fully saturated rings. The predicted molar refractivity (Wildman–Crippen MR) is 80.9 cm³/mol. The monoisotopic (exact) mass is 318 g/mol. The second-order valence-electron chi connectivity index (χ2n) is 4.47. The first-order valence-corrected chi connectivity index (χ1v) is 6.63. The minimum Gasteiger partial charge on any atom is -0.352 e. The molecule has 0 saturated carbocycles. The quantitative estimate of drug-likeness (QED) is 0.837. The SMILES string of the molecule is Cl.O=C(Cc1c(F)cccc1Cl)NCC1=CCNCC1. The van der Waals surface area contributed by atoms with E-state index in [1.807, 2.05) is 0 Å². The van der Waals surface area contributed by atoms with Gasteiger partial charge >= 0.3 is 0 Å². The highest BCUT2D eigenvalue weighted by Gasteiger charge is 2.12. The van der Waals surface area contributed by atoms with Gasteiger partial charge in [-0.25, -0.2) is 4.39 Å². The molecule has 0 aromatic heterocycles. The molecule has 0 aliphatic carbocycles. The summed E-state index contributed by atoms with van der Waals surface area (Å²) in [5, 5.41) is 6.28. The van der Waals surface area contributed by atoms with Crippen LogP contribution < -0.4 is 10.6 Å². The van der Waals surface area contributed by atoms with Crippen LogP contribution in [0.2, 0.25) is 5.02 Å². The second-order valence-corrected chi connectivity index (χ2v) is 4.88. The maximum atomic E-state index is 13.5. The molecular formula is C14H17Cl2FN2O. The van der Waals surface area contributed by atoms with Gasteiger partial charge < -0.3 is 10.6 Å². The highest BCUT2D eigenvalue weighted by atomic mass is 35.5. The minimum atomic E-state index is -0.441. The molecular weight excluding hydrogens is 302 g/mol. The van der Waals surface area contributed by atoms with Crippen LogP contribution in [0.5, 0.6) is 0 Å². The number of halogens is 3. The lowest BCUT2D eigenvalue weighted by Crippen LogP contribution is -2.30. The van der Waals surface area contributed by atoms with Crippen molar-refractivity contribution >= 4 is 29.9 Å². The highest BCUT2D eigenvalue weighted by Crippen LogP contribution is 2.19. The second kappa shape index (κ2) is 8.25. The van der Waals surface area contributed by atoms with Crippen LogP contribution in [0.1, 0.15) is 12.0 Å². The maximum Gasteiger partial charge on any atom is 0.224 e. The van der Waals surface area contributed by atoms with E-state index in [4.69, 9.17) is 11.6 Å². The van der Waals surface area contributed by atoms with Crippen LogP contribution >= 0.6 is 24.0 Å². The molecule has 1 aliphatic heterocycles. The lowest BCUT2D eigenvalue weighted by Gasteiger charge is -2.14. The number of carbonyl (C=O) groups is 1. The van der Waals surface area contributed by atoms with Gasteiger partial charge in [-0.05, 0) is 25.1 Å².